The van der Waals surface area contributed by atoms with Gasteiger partial charge < -0.3 is 5.73 Å². The lowest BCUT2D eigenvalue weighted by molar-refractivity contribution is 0.148. The zero-order valence-electron chi connectivity index (χ0n) is 9.80. The van der Waals surface area contributed by atoms with E-state index in [0.29, 0.717) is 12.1 Å². The summed E-state index contributed by atoms with van der Waals surface area (Å²) in [5.74, 6) is 0. The van der Waals surface area contributed by atoms with E-state index in [1.807, 2.05) is 30.3 Å². The zero-order valence-corrected chi connectivity index (χ0v) is 10.6. The highest BCUT2D eigenvalue weighted by Gasteiger charge is 2.44. The molecule has 2 rings (SSSR count). The van der Waals surface area contributed by atoms with Gasteiger partial charge in [-0.3, -0.25) is 4.18 Å². The van der Waals surface area contributed by atoms with Crippen molar-refractivity contribution in [2.45, 2.75) is 25.9 Å². The molecule has 5 heteroatoms. The van der Waals surface area contributed by atoms with Crippen LogP contribution in [0, 0.1) is 0 Å². The van der Waals surface area contributed by atoms with Crippen LogP contribution in [0.25, 0.3) is 0 Å². The van der Waals surface area contributed by atoms with Gasteiger partial charge in [0.1, 0.15) is 5.60 Å². The largest absolute Gasteiger partial charge is 0.399 e. The molecule has 1 unspecified atom stereocenters. The molecule has 17 heavy (non-hydrogen) atoms. The molecular weight excluding hydrogens is 238 g/mol. The first kappa shape index (κ1) is 12.1. The first-order valence-corrected chi connectivity index (χ1v) is 6.72. The van der Waals surface area contributed by atoms with Crippen molar-refractivity contribution in [2.24, 2.45) is 5.73 Å². The number of benzene rings is 1. The molecule has 0 amide bonds. The third kappa shape index (κ3) is 2.08. The maximum Gasteiger partial charge on any atom is 0.295 e. The van der Waals surface area contributed by atoms with Gasteiger partial charge in [0.05, 0.1) is 10.6 Å². The molecule has 0 saturated heterocycles. The van der Waals surface area contributed by atoms with Gasteiger partial charge in [0.15, 0.2) is 0 Å². The Bertz CT molecular complexity index is 563. The van der Waals surface area contributed by atoms with Crippen molar-refractivity contribution in [2.75, 3.05) is 0 Å². The molecule has 0 spiro atoms. The van der Waals surface area contributed by atoms with E-state index in [2.05, 4.69) is 0 Å². The minimum Gasteiger partial charge on any atom is -0.399 e. The van der Waals surface area contributed by atoms with Crippen molar-refractivity contribution in [3.63, 3.8) is 0 Å². The van der Waals surface area contributed by atoms with Crippen molar-refractivity contribution in [3.05, 3.63) is 46.5 Å². The van der Waals surface area contributed by atoms with Crippen LogP contribution >= 0.6 is 0 Å². The van der Waals surface area contributed by atoms with Crippen LogP contribution in [0.15, 0.2) is 40.9 Å². The normalized spacial score (nSPS) is 27.4. The van der Waals surface area contributed by atoms with Crippen LogP contribution in [0.1, 0.15) is 19.4 Å². The molecule has 1 aromatic rings. The molecule has 1 heterocycles. The second-order valence-electron chi connectivity index (χ2n) is 4.40. The maximum absolute atomic E-state index is 11.6. The second-order valence-corrected chi connectivity index (χ2v) is 6.09. The molecule has 1 aliphatic heterocycles. The molecule has 0 aromatic heterocycles. The summed E-state index contributed by atoms with van der Waals surface area (Å²) >= 11 is 0. The predicted molar refractivity (Wildman–Crippen MR) is 65.4 cm³/mol. The number of allylic oxidation sites excluding steroid dienone is 1. The topological polar surface area (TPSA) is 69.4 Å². The highest BCUT2D eigenvalue weighted by molar-refractivity contribution is 7.91. The van der Waals surface area contributed by atoms with E-state index in [1.165, 1.54) is 6.92 Å². The predicted octanol–water partition coefficient (Wildman–Crippen LogP) is 1.54. The van der Waals surface area contributed by atoms with E-state index in [1.54, 1.807) is 6.92 Å². The van der Waals surface area contributed by atoms with Gasteiger partial charge in [0, 0.05) is 6.42 Å². The summed E-state index contributed by atoms with van der Waals surface area (Å²) in [4.78, 5) is 0.121. The average Bonchev–Trinajstić information content (AvgIpc) is 2.40. The summed E-state index contributed by atoms with van der Waals surface area (Å²) in [6.45, 7) is 3.17. The van der Waals surface area contributed by atoms with Crippen LogP contribution in [0.3, 0.4) is 0 Å². The number of rotatable bonds is 2. The molecule has 0 aliphatic carbocycles. The lowest BCUT2D eigenvalue weighted by atomic mass is 9.93. The lowest BCUT2D eigenvalue weighted by Gasteiger charge is -2.23. The Balaban J connectivity index is 2.35. The fourth-order valence-electron chi connectivity index (χ4n) is 1.97. The Kier molecular flexibility index (Phi) is 2.75. The van der Waals surface area contributed by atoms with Gasteiger partial charge in [-0.1, -0.05) is 30.3 Å². The maximum atomic E-state index is 11.6. The summed E-state index contributed by atoms with van der Waals surface area (Å²) in [6.07, 6.45) is 0.441. The highest BCUT2D eigenvalue weighted by Crippen LogP contribution is 2.36. The zero-order chi connectivity index (χ0) is 12.7. The molecule has 2 N–H and O–H groups in total. The van der Waals surface area contributed by atoms with Gasteiger partial charge in [0.25, 0.3) is 10.1 Å². The first-order valence-electron chi connectivity index (χ1n) is 5.31. The van der Waals surface area contributed by atoms with E-state index < -0.39 is 15.7 Å². The van der Waals surface area contributed by atoms with E-state index in [-0.39, 0.29) is 4.91 Å². The molecule has 1 atom stereocenters. The summed E-state index contributed by atoms with van der Waals surface area (Å²) in [5, 5.41) is 0. The van der Waals surface area contributed by atoms with Crippen molar-refractivity contribution in [1.82, 2.24) is 0 Å². The van der Waals surface area contributed by atoms with Crippen LogP contribution in [-0.4, -0.2) is 14.0 Å². The van der Waals surface area contributed by atoms with Crippen LogP contribution in [0.5, 0.6) is 0 Å². The van der Waals surface area contributed by atoms with Gasteiger partial charge in [-0.2, -0.15) is 8.42 Å². The Morgan fingerprint density at radius 1 is 1.29 bits per heavy atom. The van der Waals surface area contributed by atoms with E-state index in [9.17, 15) is 8.42 Å². The van der Waals surface area contributed by atoms with Crippen LogP contribution in [-0.2, 0) is 20.7 Å². The Labute approximate surface area is 101 Å². The third-order valence-corrected chi connectivity index (χ3v) is 4.56. The monoisotopic (exact) mass is 253 g/mol. The van der Waals surface area contributed by atoms with E-state index in [0.717, 1.165) is 5.56 Å². The number of nitrogens with two attached hydrogens (primary N) is 1. The third-order valence-electron chi connectivity index (χ3n) is 3.00. The second kappa shape index (κ2) is 3.85. The minimum absolute atomic E-state index is 0.121. The average molecular weight is 253 g/mol. The standard InChI is InChI=1S/C12H15NO3S/c1-9-11(13)12(2,16-17(9,14)15)8-10-6-4-3-5-7-10/h3-7H,8,13H2,1-2H3. The Hall–Kier alpha value is -1.33. The SMILES string of the molecule is CC1=C(N)C(C)(Cc2ccccc2)OS1(=O)=O. The molecule has 4 nitrogen and oxygen atoms in total. The number of hydrogen-bond donors (Lipinski definition) is 1. The summed E-state index contributed by atoms with van der Waals surface area (Å²) < 4.78 is 28.4. The molecule has 0 radical (unpaired) electrons. The fraction of sp³-hybridized carbons (Fsp3) is 0.333. The van der Waals surface area contributed by atoms with Crippen LogP contribution in [0.2, 0.25) is 0 Å². The fourth-order valence-corrected chi connectivity index (χ4v) is 3.21. The van der Waals surface area contributed by atoms with Crippen molar-refractivity contribution in [1.29, 1.82) is 0 Å². The van der Waals surface area contributed by atoms with Gasteiger partial charge >= 0.3 is 0 Å². The van der Waals surface area contributed by atoms with E-state index >= 15 is 0 Å². The molecule has 0 fully saturated rings. The van der Waals surface area contributed by atoms with Gasteiger partial charge in [0.2, 0.25) is 0 Å². The Morgan fingerprint density at radius 3 is 2.35 bits per heavy atom. The Morgan fingerprint density at radius 2 is 1.88 bits per heavy atom. The molecule has 1 aromatic carbocycles. The van der Waals surface area contributed by atoms with Crippen LogP contribution < -0.4 is 5.73 Å². The summed E-state index contributed by atoms with van der Waals surface area (Å²) in [5.41, 5.74) is 6.17. The molecule has 92 valence electrons. The summed E-state index contributed by atoms with van der Waals surface area (Å²) in [7, 11) is -3.65. The quantitative estimate of drug-likeness (QED) is 0.812. The van der Waals surface area contributed by atoms with E-state index in [4.69, 9.17) is 9.92 Å². The van der Waals surface area contributed by atoms with Crippen molar-refractivity contribution in [3.8, 4) is 0 Å². The minimum atomic E-state index is -3.65. The molecular formula is C12H15NO3S. The van der Waals surface area contributed by atoms with Crippen molar-refractivity contribution < 1.29 is 12.6 Å². The van der Waals surface area contributed by atoms with Crippen molar-refractivity contribution >= 4 is 10.1 Å². The lowest BCUT2D eigenvalue weighted by Crippen LogP contribution is -2.34. The number of hydrogen-bond acceptors (Lipinski definition) is 4. The molecule has 0 bridgehead atoms. The van der Waals surface area contributed by atoms with Gasteiger partial charge in [-0.05, 0) is 19.4 Å². The highest BCUT2D eigenvalue weighted by atomic mass is 32.2. The summed E-state index contributed by atoms with van der Waals surface area (Å²) in [6, 6.07) is 9.54. The molecule has 1 aliphatic rings. The van der Waals surface area contributed by atoms with Gasteiger partial charge in [-0.25, -0.2) is 0 Å². The molecule has 0 saturated carbocycles. The smallest absolute Gasteiger partial charge is 0.295 e. The van der Waals surface area contributed by atoms with Crippen LogP contribution in [0.4, 0.5) is 0 Å². The van der Waals surface area contributed by atoms with Gasteiger partial charge in [-0.15, -0.1) is 0 Å². The first-order chi connectivity index (χ1) is 7.85.